The molecule has 0 aliphatic carbocycles. The second-order valence-corrected chi connectivity index (χ2v) is 10.3. The Morgan fingerprint density at radius 3 is 2.66 bits per heavy atom. The highest BCUT2D eigenvalue weighted by Crippen LogP contribution is 2.28. The number of nitrogens with zero attached hydrogens (tertiary/aromatic N) is 3. The second kappa shape index (κ2) is 14.8. The molecule has 1 aromatic carbocycles. The molecule has 1 atom stereocenters. The summed E-state index contributed by atoms with van der Waals surface area (Å²) in [6.45, 7) is 0.266. The molecule has 0 fully saturated rings. The normalized spacial score (nSPS) is 11.8. The molecule has 3 heterocycles. The third-order valence-corrected chi connectivity index (χ3v) is 6.83. The van der Waals surface area contributed by atoms with Gasteiger partial charge >= 0.3 is 6.09 Å². The van der Waals surface area contributed by atoms with E-state index in [9.17, 15) is 23.6 Å². The van der Waals surface area contributed by atoms with Crippen molar-refractivity contribution in [3.8, 4) is 5.75 Å². The summed E-state index contributed by atoms with van der Waals surface area (Å²) in [5.74, 6) is -1.18. The summed E-state index contributed by atoms with van der Waals surface area (Å²) in [4.78, 5) is 58.9. The Morgan fingerprint density at radius 2 is 1.93 bits per heavy atom. The molecule has 4 rings (SSSR count). The number of allylic oxidation sites excluding steroid dienone is 1. The lowest BCUT2D eigenvalue weighted by Crippen LogP contribution is -2.42. The molecule has 0 aliphatic rings. The molecule has 11 nitrogen and oxygen atoms in total. The highest BCUT2D eigenvalue weighted by Gasteiger charge is 2.22. The van der Waals surface area contributed by atoms with Gasteiger partial charge in [-0.25, -0.2) is 9.18 Å². The van der Waals surface area contributed by atoms with Crippen LogP contribution in [-0.2, 0) is 33.9 Å². The van der Waals surface area contributed by atoms with Crippen molar-refractivity contribution >= 4 is 28.8 Å². The van der Waals surface area contributed by atoms with Gasteiger partial charge in [-0.15, -0.1) is 0 Å². The van der Waals surface area contributed by atoms with Crippen LogP contribution in [0.3, 0.4) is 0 Å². The summed E-state index contributed by atoms with van der Waals surface area (Å²) in [6, 6.07) is 13.3. The van der Waals surface area contributed by atoms with Gasteiger partial charge < -0.3 is 29.2 Å². The van der Waals surface area contributed by atoms with E-state index in [4.69, 9.17) is 4.74 Å². The number of H-pyrrole nitrogens is 1. The largest absolute Gasteiger partial charge is 0.483 e. The first kappa shape index (κ1) is 31.7. The number of amides is 2. The topological polar surface area (TPSA) is 136 Å². The number of pyridine rings is 2. The lowest BCUT2D eigenvalue weighted by molar-refractivity contribution is -0.123. The first-order valence-electron chi connectivity index (χ1n) is 13.9. The smallest absolute Gasteiger partial charge is 0.407 e. The molecule has 0 aliphatic heterocycles. The number of hydrogen-bond donors (Lipinski definition) is 2. The number of benzene rings is 1. The molecule has 4 aromatic rings. The van der Waals surface area contributed by atoms with Crippen LogP contribution in [0.1, 0.15) is 29.7 Å². The molecule has 44 heavy (non-hydrogen) atoms. The van der Waals surface area contributed by atoms with Crippen molar-refractivity contribution in [3.63, 3.8) is 0 Å². The fourth-order valence-corrected chi connectivity index (χ4v) is 4.48. The summed E-state index contributed by atoms with van der Waals surface area (Å²) in [7, 11) is 4.44. The van der Waals surface area contributed by atoms with Gasteiger partial charge in [0.2, 0.25) is 5.91 Å². The predicted molar refractivity (Wildman–Crippen MR) is 162 cm³/mol. The van der Waals surface area contributed by atoms with Crippen LogP contribution in [0.15, 0.2) is 77.9 Å². The monoisotopic (exact) mass is 603 g/mol. The standard InChI is InChI=1S/C32H34FN5O6/c1-37(2)28(40)14-8-7-13-25(36-32(42)43-3)27(39)16-22-12-9-15-38(31(22)41)19-23-17-26-29(35-23)30(24(33)18-34-26)44-20-21-10-5-4-6-11-21/h4-6,8-12,14-15,17-18,25,35H,7,13,16,19-20H2,1-3H3,(H,36,42)/b14-8+/t25-/m0/s1. The van der Waals surface area contributed by atoms with Crippen molar-refractivity contribution in [2.24, 2.45) is 0 Å². The lowest BCUT2D eigenvalue weighted by Gasteiger charge is -2.16. The van der Waals surface area contributed by atoms with E-state index in [1.165, 1.54) is 22.7 Å². The van der Waals surface area contributed by atoms with Gasteiger partial charge in [0.05, 0.1) is 31.4 Å². The highest BCUT2D eigenvalue weighted by atomic mass is 19.1. The summed E-state index contributed by atoms with van der Waals surface area (Å²) in [6.07, 6.45) is 5.22. The van der Waals surface area contributed by atoms with Crippen LogP contribution in [0.4, 0.5) is 9.18 Å². The molecule has 0 radical (unpaired) electrons. The average molecular weight is 604 g/mol. The van der Waals surface area contributed by atoms with E-state index in [1.54, 1.807) is 44.6 Å². The molecule has 12 heteroatoms. The molecule has 0 bridgehead atoms. The number of aromatic nitrogens is 3. The molecule has 0 unspecified atom stereocenters. The number of rotatable bonds is 13. The Bertz CT molecular complexity index is 1710. The van der Waals surface area contributed by atoms with Gasteiger partial charge in [0.15, 0.2) is 17.3 Å². The number of carbonyl (C=O) groups excluding carboxylic acids is 3. The van der Waals surface area contributed by atoms with E-state index in [-0.39, 0.29) is 49.0 Å². The van der Waals surface area contributed by atoms with Gasteiger partial charge in [0.1, 0.15) is 12.1 Å². The van der Waals surface area contributed by atoms with Gasteiger partial charge in [-0.1, -0.05) is 42.5 Å². The summed E-state index contributed by atoms with van der Waals surface area (Å²) < 4.78 is 26.5. The number of methoxy groups -OCH3 is 1. The molecular formula is C32H34FN5O6. The molecule has 0 spiro atoms. The lowest BCUT2D eigenvalue weighted by atomic mass is 10.0. The van der Waals surface area contributed by atoms with E-state index in [0.717, 1.165) is 11.8 Å². The van der Waals surface area contributed by atoms with Crippen LogP contribution in [0.5, 0.6) is 5.75 Å². The van der Waals surface area contributed by atoms with Crippen molar-refractivity contribution in [1.82, 2.24) is 24.8 Å². The Labute approximate surface area is 253 Å². The van der Waals surface area contributed by atoms with Crippen LogP contribution in [0.2, 0.25) is 0 Å². The number of Topliss-reactive ketones (excluding diaryl/α,β-unsaturated/α-hetero) is 1. The van der Waals surface area contributed by atoms with Gasteiger partial charge in [-0.3, -0.25) is 19.4 Å². The number of halogens is 1. The average Bonchev–Trinajstić information content (AvgIpc) is 3.42. The number of aromatic amines is 1. The van der Waals surface area contributed by atoms with Crippen LogP contribution in [-0.4, -0.2) is 64.5 Å². The molecule has 0 saturated carbocycles. The zero-order chi connectivity index (χ0) is 31.6. The maximum Gasteiger partial charge on any atom is 0.407 e. The van der Waals surface area contributed by atoms with E-state index in [0.29, 0.717) is 23.1 Å². The van der Waals surface area contributed by atoms with Crippen LogP contribution < -0.4 is 15.6 Å². The minimum atomic E-state index is -0.932. The second-order valence-electron chi connectivity index (χ2n) is 10.3. The number of likely N-dealkylation sites (N-methyl/N-ethyl adjacent to an activating group) is 1. The molecule has 3 aromatic heterocycles. The maximum atomic E-state index is 14.7. The van der Waals surface area contributed by atoms with Gasteiger partial charge in [-0.05, 0) is 36.6 Å². The maximum absolute atomic E-state index is 14.7. The number of carbonyl (C=O) groups is 3. The minimum Gasteiger partial charge on any atom is -0.483 e. The quantitative estimate of drug-likeness (QED) is 0.222. The fraction of sp³-hybridized carbons (Fsp3) is 0.281. The zero-order valence-corrected chi connectivity index (χ0v) is 24.7. The number of nitrogens with one attached hydrogen (secondary N) is 2. The van der Waals surface area contributed by atoms with Gasteiger partial charge in [-0.2, -0.15) is 0 Å². The van der Waals surface area contributed by atoms with Crippen molar-refractivity contribution < 1.29 is 28.2 Å². The Kier molecular flexibility index (Phi) is 10.6. The highest BCUT2D eigenvalue weighted by molar-refractivity contribution is 5.89. The number of alkyl carbamates (subject to hydrolysis) is 1. The third-order valence-electron chi connectivity index (χ3n) is 6.83. The molecule has 230 valence electrons. The molecule has 2 N–H and O–H groups in total. The van der Waals surface area contributed by atoms with Gasteiger partial charge in [0.25, 0.3) is 5.56 Å². The number of fused-ring (bicyclic) bond motifs is 1. The Balaban J connectivity index is 1.49. The first-order chi connectivity index (χ1) is 21.2. The summed E-state index contributed by atoms with van der Waals surface area (Å²) in [5, 5.41) is 2.51. The zero-order valence-electron chi connectivity index (χ0n) is 24.7. The number of ketones is 1. The molecule has 2 amide bonds. The van der Waals surface area contributed by atoms with Crippen LogP contribution in [0.25, 0.3) is 11.0 Å². The van der Waals surface area contributed by atoms with E-state index < -0.39 is 23.5 Å². The Hall–Kier alpha value is -5.26. The van der Waals surface area contributed by atoms with Crippen molar-refractivity contribution in [1.29, 1.82) is 0 Å². The van der Waals surface area contributed by atoms with E-state index >= 15 is 0 Å². The summed E-state index contributed by atoms with van der Waals surface area (Å²) >= 11 is 0. The first-order valence-corrected chi connectivity index (χ1v) is 13.9. The molecular weight excluding hydrogens is 569 g/mol. The summed E-state index contributed by atoms with van der Waals surface area (Å²) in [5.41, 5.74) is 2.14. The van der Waals surface area contributed by atoms with Crippen molar-refractivity contribution in [3.05, 3.63) is 106 Å². The van der Waals surface area contributed by atoms with Crippen LogP contribution in [0, 0.1) is 5.82 Å². The SMILES string of the molecule is COC(=O)N[C@@H](CC/C=C/C(=O)N(C)C)C(=O)Cc1cccn(Cc2cc3ncc(F)c(OCc4ccccc4)c3[nH]2)c1=O. The number of ether oxygens (including phenoxy) is 2. The number of hydrogen-bond acceptors (Lipinski definition) is 7. The predicted octanol–water partition coefficient (Wildman–Crippen LogP) is 3.75. The van der Waals surface area contributed by atoms with Crippen molar-refractivity contribution in [2.45, 2.75) is 38.5 Å². The van der Waals surface area contributed by atoms with Crippen molar-refractivity contribution in [2.75, 3.05) is 21.2 Å². The third kappa shape index (κ3) is 8.18. The fourth-order valence-electron chi connectivity index (χ4n) is 4.48. The van der Waals surface area contributed by atoms with Gasteiger partial charge in [0, 0.05) is 38.0 Å². The minimum absolute atomic E-state index is 0.0295. The van der Waals surface area contributed by atoms with E-state index in [1.807, 2.05) is 30.3 Å². The van der Waals surface area contributed by atoms with Crippen LogP contribution >= 0.6 is 0 Å². The molecule has 0 saturated heterocycles. The van der Waals surface area contributed by atoms with E-state index in [2.05, 4.69) is 20.0 Å². The Morgan fingerprint density at radius 1 is 1.16 bits per heavy atom.